The standard InChI is InChI=1S/C12H8Cl2F2N4O/c1-20-11(21-12(15)16)8(13)9(19-20)5-2-3-6-7(4-5)17-18-10(6)14/h2-4,12H,1H3,(H,17,18). The van der Waals surface area contributed by atoms with E-state index in [0.717, 1.165) is 10.1 Å². The van der Waals surface area contributed by atoms with Gasteiger partial charge in [-0.1, -0.05) is 29.3 Å². The van der Waals surface area contributed by atoms with Gasteiger partial charge in [-0.3, -0.25) is 5.10 Å². The predicted molar refractivity (Wildman–Crippen MR) is 74.9 cm³/mol. The third kappa shape index (κ3) is 2.43. The Morgan fingerprint density at radius 1 is 1.33 bits per heavy atom. The lowest BCUT2D eigenvalue weighted by Gasteiger charge is -2.03. The Kier molecular flexibility index (Phi) is 3.46. The van der Waals surface area contributed by atoms with Crippen LogP contribution < -0.4 is 4.74 Å². The van der Waals surface area contributed by atoms with Crippen molar-refractivity contribution in [2.45, 2.75) is 6.61 Å². The van der Waals surface area contributed by atoms with E-state index in [0.29, 0.717) is 21.9 Å². The molecule has 3 aromatic rings. The Labute approximate surface area is 127 Å². The number of benzene rings is 1. The minimum atomic E-state index is -2.97. The third-order valence-electron chi connectivity index (χ3n) is 2.92. The van der Waals surface area contributed by atoms with E-state index in [1.807, 2.05) is 0 Å². The van der Waals surface area contributed by atoms with Crippen molar-refractivity contribution in [1.82, 2.24) is 20.0 Å². The molecule has 0 bridgehead atoms. The summed E-state index contributed by atoms with van der Waals surface area (Å²) in [5.74, 6) is -0.193. The van der Waals surface area contributed by atoms with Crippen LogP contribution in [0.25, 0.3) is 22.2 Å². The van der Waals surface area contributed by atoms with E-state index in [4.69, 9.17) is 23.2 Å². The van der Waals surface area contributed by atoms with Crippen molar-refractivity contribution >= 4 is 34.1 Å². The summed E-state index contributed by atoms with van der Waals surface area (Å²) >= 11 is 12.0. The molecular formula is C12H8Cl2F2N4O. The lowest BCUT2D eigenvalue weighted by Crippen LogP contribution is -2.06. The van der Waals surface area contributed by atoms with Gasteiger partial charge in [0.05, 0.1) is 5.52 Å². The molecule has 0 aliphatic carbocycles. The molecule has 0 radical (unpaired) electrons. The highest BCUT2D eigenvalue weighted by Crippen LogP contribution is 2.36. The predicted octanol–water partition coefficient (Wildman–Crippen LogP) is 3.87. The van der Waals surface area contributed by atoms with Gasteiger partial charge in [0.25, 0.3) is 0 Å². The molecule has 0 saturated heterocycles. The molecule has 2 aromatic heterocycles. The molecule has 5 nitrogen and oxygen atoms in total. The number of H-pyrrole nitrogens is 1. The zero-order valence-electron chi connectivity index (χ0n) is 10.6. The molecule has 0 atom stereocenters. The van der Waals surface area contributed by atoms with Gasteiger partial charge >= 0.3 is 6.61 Å². The monoisotopic (exact) mass is 332 g/mol. The molecular weight excluding hydrogens is 325 g/mol. The minimum Gasteiger partial charge on any atom is -0.416 e. The molecule has 0 aliphatic rings. The molecule has 0 fully saturated rings. The van der Waals surface area contributed by atoms with Crippen LogP contribution in [0.15, 0.2) is 18.2 Å². The molecule has 2 heterocycles. The number of aromatic nitrogens is 4. The Bertz CT molecular complexity index is 815. The number of aromatic amines is 1. The van der Waals surface area contributed by atoms with Crippen LogP contribution in [0.4, 0.5) is 8.78 Å². The Morgan fingerprint density at radius 2 is 2.10 bits per heavy atom. The molecule has 1 N–H and O–H groups in total. The van der Waals surface area contributed by atoms with E-state index in [1.54, 1.807) is 18.2 Å². The maximum atomic E-state index is 12.4. The summed E-state index contributed by atoms with van der Waals surface area (Å²) in [6, 6.07) is 5.18. The highest BCUT2D eigenvalue weighted by molar-refractivity contribution is 6.35. The molecule has 3 rings (SSSR count). The van der Waals surface area contributed by atoms with Crippen LogP contribution in [0.5, 0.6) is 5.88 Å². The maximum Gasteiger partial charge on any atom is 0.388 e. The van der Waals surface area contributed by atoms with Crippen molar-refractivity contribution in [3.8, 4) is 17.1 Å². The zero-order valence-corrected chi connectivity index (χ0v) is 12.1. The first-order valence-corrected chi connectivity index (χ1v) is 6.54. The minimum absolute atomic E-state index is 0.0128. The number of alkyl halides is 2. The molecule has 0 aliphatic heterocycles. The van der Waals surface area contributed by atoms with Crippen molar-refractivity contribution in [3.63, 3.8) is 0 Å². The van der Waals surface area contributed by atoms with Crippen molar-refractivity contribution < 1.29 is 13.5 Å². The topological polar surface area (TPSA) is 55.7 Å². The van der Waals surface area contributed by atoms with Gasteiger partial charge in [-0.2, -0.15) is 19.0 Å². The third-order valence-corrected chi connectivity index (χ3v) is 3.55. The molecule has 0 amide bonds. The van der Waals surface area contributed by atoms with E-state index in [1.165, 1.54) is 7.05 Å². The van der Waals surface area contributed by atoms with Crippen molar-refractivity contribution in [2.75, 3.05) is 0 Å². The molecule has 21 heavy (non-hydrogen) atoms. The first-order valence-electron chi connectivity index (χ1n) is 5.78. The van der Waals surface area contributed by atoms with Gasteiger partial charge in [0.1, 0.15) is 15.9 Å². The average molecular weight is 333 g/mol. The summed E-state index contributed by atoms with van der Waals surface area (Å²) in [6.45, 7) is -2.97. The summed E-state index contributed by atoms with van der Waals surface area (Å²) in [6.07, 6.45) is 0. The van der Waals surface area contributed by atoms with Crippen LogP contribution in [0, 0.1) is 0 Å². The molecule has 110 valence electrons. The fraction of sp³-hybridized carbons (Fsp3) is 0.167. The molecule has 0 unspecified atom stereocenters. The number of hydrogen-bond acceptors (Lipinski definition) is 3. The van der Waals surface area contributed by atoms with E-state index in [2.05, 4.69) is 20.0 Å². The van der Waals surface area contributed by atoms with Crippen LogP contribution in [-0.4, -0.2) is 26.6 Å². The van der Waals surface area contributed by atoms with Gasteiger partial charge in [0.2, 0.25) is 5.88 Å². The van der Waals surface area contributed by atoms with Gasteiger partial charge in [-0.25, -0.2) is 4.68 Å². The molecule has 1 aromatic carbocycles. The number of hydrogen-bond donors (Lipinski definition) is 1. The first kappa shape index (κ1) is 14.1. The van der Waals surface area contributed by atoms with E-state index < -0.39 is 6.61 Å². The number of nitrogens with zero attached hydrogens (tertiary/aromatic N) is 3. The van der Waals surface area contributed by atoms with Gasteiger partial charge < -0.3 is 4.74 Å². The van der Waals surface area contributed by atoms with Crippen LogP contribution in [0.2, 0.25) is 10.2 Å². The van der Waals surface area contributed by atoms with Gasteiger partial charge in [-0.15, -0.1) is 0 Å². The number of ether oxygens (including phenoxy) is 1. The van der Waals surface area contributed by atoms with Gasteiger partial charge in [-0.05, 0) is 12.1 Å². The number of halogens is 4. The normalized spacial score (nSPS) is 11.5. The Balaban J connectivity index is 2.10. The zero-order chi connectivity index (χ0) is 15.1. The van der Waals surface area contributed by atoms with Crippen LogP contribution >= 0.6 is 23.2 Å². The average Bonchev–Trinajstić information content (AvgIpc) is 2.93. The van der Waals surface area contributed by atoms with Crippen molar-refractivity contribution in [2.24, 2.45) is 7.05 Å². The van der Waals surface area contributed by atoms with Gasteiger partial charge in [0, 0.05) is 18.0 Å². The Hall–Kier alpha value is -1.86. The molecule has 0 spiro atoms. The maximum absolute atomic E-state index is 12.4. The number of fused-ring (bicyclic) bond motifs is 1. The number of aryl methyl sites for hydroxylation is 1. The summed E-state index contributed by atoms with van der Waals surface area (Å²) in [5.41, 5.74) is 1.57. The van der Waals surface area contributed by atoms with Crippen molar-refractivity contribution in [3.05, 3.63) is 28.4 Å². The van der Waals surface area contributed by atoms with Gasteiger partial charge in [0.15, 0.2) is 0 Å². The van der Waals surface area contributed by atoms with Crippen LogP contribution in [-0.2, 0) is 7.05 Å². The second-order valence-corrected chi connectivity index (χ2v) is 5.00. The SMILES string of the molecule is Cn1nc(-c2ccc3c(Cl)[nH]nc3c2)c(Cl)c1OC(F)F. The summed E-state index contributed by atoms with van der Waals surface area (Å²) < 4.78 is 30.2. The molecule has 0 saturated carbocycles. The summed E-state index contributed by atoms with van der Waals surface area (Å²) in [7, 11) is 1.47. The smallest absolute Gasteiger partial charge is 0.388 e. The second kappa shape index (κ2) is 5.16. The Morgan fingerprint density at radius 3 is 2.81 bits per heavy atom. The first-order chi connectivity index (χ1) is 9.97. The lowest BCUT2D eigenvalue weighted by atomic mass is 10.1. The fourth-order valence-electron chi connectivity index (χ4n) is 2.01. The lowest BCUT2D eigenvalue weighted by molar-refractivity contribution is -0.0552. The summed E-state index contributed by atoms with van der Waals surface area (Å²) in [4.78, 5) is 0. The number of rotatable bonds is 3. The van der Waals surface area contributed by atoms with E-state index in [9.17, 15) is 8.78 Å². The summed E-state index contributed by atoms with van der Waals surface area (Å²) in [5, 5.41) is 12.0. The van der Waals surface area contributed by atoms with E-state index in [-0.39, 0.29) is 10.9 Å². The fourth-order valence-corrected chi connectivity index (χ4v) is 2.52. The second-order valence-electron chi connectivity index (χ2n) is 4.24. The van der Waals surface area contributed by atoms with Crippen LogP contribution in [0.1, 0.15) is 0 Å². The number of nitrogens with one attached hydrogen (secondary N) is 1. The quantitative estimate of drug-likeness (QED) is 0.792. The van der Waals surface area contributed by atoms with Crippen LogP contribution in [0.3, 0.4) is 0 Å². The van der Waals surface area contributed by atoms with E-state index >= 15 is 0 Å². The highest BCUT2D eigenvalue weighted by Gasteiger charge is 2.20. The van der Waals surface area contributed by atoms with Crippen molar-refractivity contribution in [1.29, 1.82) is 0 Å². The largest absolute Gasteiger partial charge is 0.416 e. The highest BCUT2D eigenvalue weighted by atomic mass is 35.5. The molecule has 9 heteroatoms.